The van der Waals surface area contributed by atoms with E-state index in [1.807, 2.05) is 66.7 Å². The summed E-state index contributed by atoms with van der Waals surface area (Å²) in [6, 6.07) is 17.0. The van der Waals surface area contributed by atoms with Crippen molar-refractivity contribution in [2.75, 3.05) is 6.54 Å². The number of rotatable bonds is 11. The summed E-state index contributed by atoms with van der Waals surface area (Å²) >= 11 is 0. The highest BCUT2D eigenvalue weighted by Gasteiger charge is 2.24. The summed E-state index contributed by atoms with van der Waals surface area (Å²) < 4.78 is 5.83. The van der Waals surface area contributed by atoms with Gasteiger partial charge in [0, 0.05) is 32.2 Å². The fourth-order valence-corrected chi connectivity index (χ4v) is 4.38. The zero-order valence-electron chi connectivity index (χ0n) is 23.2. The Hall–Kier alpha value is -4.31. The topological polar surface area (TPSA) is 137 Å². The molecule has 0 aromatic heterocycles. The number of carbonyl (C=O) groups is 4. The Bertz CT molecular complexity index is 1210. The molecule has 0 radical (unpaired) electrons. The number of nitrogens with zero attached hydrogens (tertiary/aromatic N) is 2. The summed E-state index contributed by atoms with van der Waals surface area (Å²) in [6.07, 6.45) is 9.00. The number of esters is 1. The van der Waals surface area contributed by atoms with Crippen LogP contribution in [0.5, 0.6) is 0 Å². The molecule has 0 fully saturated rings. The van der Waals surface area contributed by atoms with Gasteiger partial charge in [-0.3, -0.25) is 24.4 Å². The molecule has 2 aromatic rings. The van der Waals surface area contributed by atoms with Crippen LogP contribution in [0.15, 0.2) is 71.9 Å². The summed E-state index contributed by atoms with van der Waals surface area (Å²) in [5.41, 5.74) is 6.56. The summed E-state index contributed by atoms with van der Waals surface area (Å²) in [5, 5.41) is 12.5. The number of unbranched alkanes of at least 4 members (excludes halogenated alkanes) is 2. The molecule has 0 saturated heterocycles. The van der Waals surface area contributed by atoms with Crippen LogP contribution in [0, 0.1) is 0 Å². The van der Waals surface area contributed by atoms with Gasteiger partial charge >= 0.3 is 5.97 Å². The minimum atomic E-state index is -0.581. The largest absolute Gasteiger partial charge is 0.456 e. The van der Waals surface area contributed by atoms with Crippen LogP contribution >= 0.6 is 0 Å². The molecule has 1 aliphatic heterocycles. The van der Waals surface area contributed by atoms with Gasteiger partial charge in [-0.1, -0.05) is 67.1 Å². The third-order valence-electron chi connectivity index (χ3n) is 6.55. The van der Waals surface area contributed by atoms with E-state index < -0.39 is 12.0 Å². The van der Waals surface area contributed by atoms with Gasteiger partial charge in [0.1, 0.15) is 6.10 Å². The third-order valence-corrected chi connectivity index (χ3v) is 6.55. The number of ether oxygens (including phenoxy) is 1. The van der Waals surface area contributed by atoms with Crippen molar-refractivity contribution in [2.24, 2.45) is 5.10 Å². The van der Waals surface area contributed by atoms with Crippen LogP contribution in [0.2, 0.25) is 0 Å². The van der Waals surface area contributed by atoms with Crippen LogP contribution in [0.1, 0.15) is 80.6 Å². The van der Waals surface area contributed by atoms with E-state index in [9.17, 15) is 19.2 Å². The second-order valence-electron chi connectivity index (χ2n) is 9.85. The fourth-order valence-electron chi connectivity index (χ4n) is 4.38. The van der Waals surface area contributed by atoms with E-state index >= 15 is 0 Å². The van der Waals surface area contributed by atoms with Crippen LogP contribution in [0.4, 0.5) is 0 Å². The highest BCUT2D eigenvalue weighted by molar-refractivity contribution is 5.82. The summed E-state index contributed by atoms with van der Waals surface area (Å²) in [6.45, 7) is 0.559. The van der Waals surface area contributed by atoms with Crippen molar-refractivity contribution < 1.29 is 29.1 Å². The van der Waals surface area contributed by atoms with Crippen LogP contribution in [0.25, 0.3) is 0 Å². The smallest absolute Gasteiger partial charge is 0.306 e. The third kappa shape index (κ3) is 11.8. The molecule has 3 N–H and O–H groups in total. The molecule has 10 heteroatoms. The van der Waals surface area contributed by atoms with E-state index in [4.69, 9.17) is 9.94 Å². The average Bonchev–Trinajstić information content (AvgIpc) is 2.97. The predicted octanol–water partition coefficient (Wildman–Crippen LogP) is 4.34. The number of hydrogen-bond acceptors (Lipinski definition) is 7. The SMILES string of the molecule is O=C(CCCCCC(=O)N/N=C/c1cccc(CN2C[C@@H](c3ccccc3)OC(=O)CC/C=C/CCC2=O)c1)NO. The first-order valence-corrected chi connectivity index (χ1v) is 14.0. The molecule has 0 saturated carbocycles. The lowest BCUT2D eigenvalue weighted by atomic mass is 10.1. The molecule has 41 heavy (non-hydrogen) atoms. The number of allylic oxidation sites excluding steroid dienone is 2. The highest BCUT2D eigenvalue weighted by atomic mass is 16.5. The Morgan fingerprint density at radius 1 is 0.951 bits per heavy atom. The van der Waals surface area contributed by atoms with Crippen LogP contribution in [-0.2, 0) is 30.5 Å². The van der Waals surface area contributed by atoms with Gasteiger partial charge in [0.15, 0.2) is 0 Å². The molecule has 0 bridgehead atoms. The zero-order valence-corrected chi connectivity index (χ0v) is 23.2. The molecule has 0 unspecified atom stereocenters. The summed E-state index contributed by atoms with van der Waals surface area (Å²) in [4.78, 5) is 50.5. The minimum absolute atomic E-state index is 0.0319. The van der Waals surface area contributed by atoms with Gasteiger partial charge in [0.05, 0.1) is 12.8 Å². The Morgan fingerprint density at radius 2 is 1.68 bits per heavy atom. The van der Waals surface area contributed by atoms with Crippen molar-refractivity contribution >= 4 is 29.9 Å². The standard InChI is InChI=1S/C31H38N4O6/c36-28(16-7-4-8-17-29(37)34-40)33-32-21-24-12-11-13-25(20-24)22-35-23-27(26-14-5-3-6-15-26)41-31(39)19-10-2-1-9-18-30(35)38/h1-3,5-6,11-15,20-21,27,40H,4,7-10,16-19,22-23H2,(H,33,36)(H,34,37)/b2-1+,32-21+/t27-/m0/s1. The number of carbonyl (C=O) groups excluding carboxylic acids is 4. The predicted molar refractivity (Wildman–Crippen MR) is 153 cm³/mol. The first-order chi connectivity index (χ1) is 19.9. The number of nitrogens with one attached hydrogen (secondary N) is 2. The molecule has 3 amide bonds. The lowest BCUT2D eigenvalue weighted by Gasteiger charge is -2.28. The Kier molecular flexibility index (Phi) is 13.2. The molecule has 1 heterocycles. The molecular formula is C31H38N4O6. The number of benzene rings is 2. The van der Waals surface area contributed by atoms with E-state index in [-0.39, 0.29) is 43.6 Å². The van der Waals surface area contributed by atoms with E-state index in [1.165, 1.54) is 0 Å². The first kappa shape index (κ1) is 31.2. The molecule has 10 nitrogen and oxygen atoms in total. The Labute approximate surface area is 240 Å². The first-order valence-electron chi connectivity index (χ1n) is 14.0. The number of hydrogen-bond donors (Lipinski definition) is 3. The monoisotopic (exact) mass is 562 g/mol. The minimum Gasteiger partial charge on any atom is -0.456 e. The van der Waals surface area contributed by atoms with Crippen molar-refractivity contribution in [1.82, 2.24) is 15.8 Å². The quantitative estimate of drug-likeness (QED) is 0.0931. The van der Waals surface area contributed by atoms with Crippen molar-refractivity contribution in [3.63, 3.8) is 0 Å². The molecular weight excluding hydrogens is 524 g/mol. The molecule has 1 atom stereocenters. The van der Waals surface area contributed by atoms with E-state index in [1.54, 1.807) is 16.6 Å². The second-order valence-corrected chi connectivity index (χ2v) is 9.85. The lowest BCUT2D eigenvalue weighted by molar-refractivity contribution is -0.152. The Balaban J connectivity index is 1.62. The Morgan fingerprint density at radius 3 is 2.44 bits per heavy atom. The van der Waals surface area contributed by atoms with Gasteiger partial charge in [-0.2, -0.15) is 5.10 Å². The maximum Gasteiger partial charge on any atom is 0.306 e. The average molecular weight is 563 g/mol. The van der Waals surface area contributed by atoms with Crippen LogP contribution in [0.3, 0.4) is 0 Å². The van der Waals surface area contributed by atoms with Crippen molar-refractivity contribution in [2.45, 2.75) is 70.4 Å². The van der Waals surface area contributed by atoms with Gasteiger partial charge in [-0.05, 0) is 48.4 Å². The summed E-state index contributed by atoms with van der Waals surface area (Å²) in [7, 11) is 0. The van der Waals surface area contributed by atoms with E-state index in [0.29, 0.717) is 45.1 Å². The van der Waals surface area contributed by atoms with Gasteiger partial charge < -0.3 is 9.64 Å². The number of hydrazone groups is 1. The van der Waals surface area contributed by atoms with Crippen molar-refractivity contribution in [1.29, 1.82) is 0 Å². The van der Waals surface area contributed by atoms with Gasteiger partial charge in [0.25, 0.3) is 0 Å². The molecule has 2 aromatic carbocycles. The summed E-state index contributed by atoms with van der Waals surface area (Å²) in [5.74, 6) is -1.00. The molecule has 1 aliphatic rings. The van der Waals surface area contributed by atoms with Crippen LogP contribution in [-0.4, -0.2) is 46.6 Å². The second kappa shape index (κ2) is 17.4. The molecule has 0 spiro atoms. The van der Waals surface area contributed by atoms with Gasteiger partial charge in [-0.25, -0.2) is 10.9 Å². The maximum atomic E-state index is 13.2. The van der Waals surface area contributed by atoms with E-state index in [2.05, 4.69) is 10.5 Å². The van der Waals surface area contributed by atoms with Crippen LogP contribution < -0.4 is 10.9 Å². The maximum absolute atomic E-state index is 13.2. The zero-order chi connectivity index (χ0) is 29.3. The number of cyclic esters (lactones) is 1. The number of amides is 3. The van der Waals surface area contributed by atoms with Gasteiger partial charge in [0.2, 0.25) is 17.7 Å². The molecule has 3 rings (SSSR count). The van der Waals surface area contributed by atoms with E-state index in [0.717, 1.165) is 16.7 Å². The lowest BCUT2D eigenvalue weighted by Crippen LogP contribution is -2.35. The molecule has 0 aliphatic carbocycles. The fraction of sp³-hybridized carbons (Fsp3) is 0.387. The number of hydroxylamine groups is 1. The highest BCUT2D eigenvalue weighted by Crippen LogP contribution is 2.22. The van der Waals surface area contributed by atoms with Crippen molar-refractivity contribution in [3.05, 3.63) is 83.4 Å². The normalized spacial score (nSPS) is 17.3. The molecule has 218 valence electrons. The van der Waals surface area contributed by atoms with Crippen molar-refractivity contribution in [3.8, 4) is 0 Å². The van der Waals surface area contributed by atoms with Gasteiger partial charge in [-0.15, -0.1) is 0 Å².